The smallest absolute Gasteiger partial charge is 0.261 e. The molecule has 0 radical (unpaired) electrons. The van der Waals surface area contributed by atoms with Crippen molar-refractivity contribution in [3.63, 3.8) is 0 Å². The molecular formula is C28H35BrO5SSi. The zero-order valence-electron chi connectivity index (χ0n) is 21.4. The third-order valence-electron chi connectivity index (χ3n) is 6.63. The van der Waals surface area contributed by atoms with Crippen LogP contribution in [-0.4, -0.2) is 49.2 Å². The molecule has 8 heteroatoms. The van der Waals surface area contributed by atoms with Crippen LogP contribution in [-0.2, 0) is 13.9 Å². The van der Waals surface area contributed by atoms with Gasteiger partial charge in [-0.2, -0.15) is 0 Å². The molecule has 0 amide bonds. The Hall–Kier alpha value is -1.36. The van der Waals surface area contributed by atoms with E-state index in [9.17, 15) is 10.2 Å². The number of halogens is 1. The summed E-state index contributed by atoms with van der Waals surface area (Å²) in [6.45, 7) is 10.2. The van der Waals surface area contributed by atoms with Crippen LogP contribution in [0.1, 0.15) is 45.6 Å². The molecule has 4 atom stereocenters. The average Bonchev–Trinajstić information content (AvgIpc) is 3.42. The molecule has 36 heavy (non-hydrogen) atoms. The SMILES string of the molecule is CC1(C)O[C@@H]([C@@H](O)c2ccc(Br)s2)[C@@H]([C@H](O)CO[Si](c2ccccc2)(c2ccccc2)C(C)(C)C)O1. The van der Waals surface area contributed by atoms with E-state index < -0.39 is 38.5 Å². The summed E-state index contributed by atoms with van der Waals surface area (Å²) in [5, 5.41) is 24.6. The third-order valence-corrected chi connectivity index (χ3v) is 13.3. The second-order valence-electron chi connectivity index (χ2n) is 10.7. The molecule has 0 aliphatic carbocycles. The number of thiophene rings is 1. The fourth-order valence-electron chi connectivity index (χ4n) is 5.07. The summed E-state index contributed by atoms with van der Waals surface area (Å²) < 4.78 is 20.1. The maximum atomic E-state index is 11.5. The molecule has 194 valence electrons. The lowest BCUT2D eigenvalue weighted by Gasteiger charge is -2.43. The number of hydrogen-bond donors (Lipinski definition) is 2. The monoisotopic (exact) mass is 590 g/mol. The Labute approximate surface area is 227 Å². The number of ether oxygens (including phenoxy) is 2. The van der Waals surface area contributed by atoms with Crippen LogP contribution in [0.4, 0.5) is 0 Å². The average molecular weight is 592 g/mol. The van der Waals surface area contributed by atoms with Crippen molar-refractivity contribution in [1.29, 1.82) is 0 Å². The van der Waals surface area contributed by atoms with Crippen molar-refractivity contribution in [2.75, 3.05) is 6.61 Å². The van der Waals surface area contributed by atoms with Gasteiger partial charge < -0.3 is 24.1 Å². The second-order valence-corrected chi connectivity index (χ2v) is 17.5. The molecule has 1 aliphatic rings. The predicted octanol–water partition coefficient (Wildman–Crippen LogP) is 5.00. The quantitative estimate of drug-likeness (QED) is 0.361. The molecule has 2 aromatic carbocycles. The van der Waals surface area contributed by atoms with E-state index in [0.29, 0.717) is 0 Å². The van der Waals surface area contributed by atoms with Crippen molar-refractivity contribution < 1.29 is 24.1 Å². The van der Waals surface area contributed by atoms with Crippen LogP contribution in [0.25, 0.3) is 0 Å². The zero-order chi connectivity index (χ0) is 26.1. The van der Waals surface area contributed by atoms with Gasteiger partial charge in [0.15, 0.2) is 5.79 Å². The number of hydrogen-bond acceptors (Lipinski definition) is 6. The molecule has 0 unspecified atom stereocenters. The van der Waals surface area contributed by atoms with Gasteiger partial charge in [-0.25, -0.2) is 0 Å². The van der Waals surface area contributed by atoms with Gasteiger partial charge in [-0.15, -0.1) is 11.3 Å². The summed E-state index contributed by atoms with van der Waals surface area (Å²) >= 11 is 4.89. The molecule has 2 heterocycles. The molecule has 5 nitrogen and oxygen atoms in total. The summed E-state index contributed by atoms with van der Waals surface area (Å²) in [5.41, 5.74) is 0. The predicted molar refractivity (Wildman–Crippen MR) is 150 cm³/mol. The number of rotatable bonds is 8. The van der Waals surface area contributed by atoms with Gasteiger partial charge in [0, 0.05) is 4.88 Å². The highest BCUT2D eigenvalue weighted by molar-refractivity contribution is 9.11. The van der Waals surface area contributed by atoms with Crippen molar-refractivity contribution in [2.24, 2.45) is 0 Å². The standard InChI is InChI=1S/C28H35BrO5SSi/c1-27(2,3)36(19-12-8-6-9-13-19,20-14-10-7-11-15-20)32-18-21(30)25-26(34-28(4,5)33-25)24(31)22-16-17-23(29)35-22/h6-17,21,24-26,30-31H,18H2,1-5H3/t21-,24+,25-,26+/m1/s1. The molecule has 0 bridgehead atoms. The zero-order valence-corrected chi connectivity index (χ0v) is 24.8. The summed E-state index contributed by atoms with van der Waals surface area (Å²) in [7, 11) is -2.83. The van der Waals surface area contributed by atoms with Gasteiger partial charge in [0.25, 0.3) is 8.32 Å². The van der Waals surface area contributed by atoms with Crippen molar-refractivity contribution >= 4 is 46.0 Å². The maximum Gasteiger partial charge on any atom is 0.261 e. The summed E-state index contributed by atoms with van der Waals surface area (Å²) in [5.74, 6) is -0.941. The fourth-order valence-corrected chi connectivity index (χ4v) is 11.1. The highest BCUT2D eigenvalue weighted by atomic mass is 79.9. The Morgan fingerprint density at radius 2 is 1.44 bits per heavy atom. The molecule has 4 rings (SSSR count). The highest BCUT2D eigenvalue weighted by Crippen LogP contribution is 2.41. The lowest BCUT2D eigenvalue weighted by Crippen LogP contribution is -2.67. The van der Waals surface area contributed by atoms with Crippen molar-refractivity contribution in [3.8, 4) is 0 Å². The van der Waals surface area contributed by atoms with Crippen molar-refractivity contribution in [3.05, 3.63) is 81.5 Å². The lowest BCUT2D eigenvalue weighted by molar-refractivity contribution is -0.161. The molecule has 3 aromatic rings. The van der Waals surface area contributed by atoms with Gasteiger partial charge >= 0.3 is 0 Å². The molecule has 2 N–H and O–H groups in total. The first kappa shape index (κ1) is 27.7. The first-order chi connectivity index (χ1) is 16.9. The van der Waals surface area contributed by atoms with Crippen LogP contribution in [0, 0.1) is 0 Å². The van der Waals surface area contributed by atoms with Gasteiger partial charge in [-0.1, -0.05) is 81.4 Å². The summed E-state index contributed by atoms with van der Waals surface area (Å²) in [6, 6.07) is 24.4. The largest absolute Gasteiger partial charge is 0.405 e. The van der Waals surface area contributed by atoms with E-state index in [0.717, 1.165) is 19.0 Å². The fraction of sp³-hybridized carbons (Fsp3) is 0.429. The van der Waals surface area contributed by atoms with E-state index in [2.05, 4.69) is 61.0 Å². The van der Waals surface area contributed by atoms with E-state index in [1.807, 2.05) is 48.5 Å². The molecule has 1 aliphatic heterocycles. The topological polar surface area (TPSA) is 68.2 Å². The minimum Gasteiger partial charge on any atom is -0.405 e. The van der Waals surface area contributed by atoms with Crippen LogP contribution in [0.2, 0.25) is 5.04 Å². The molecule has 1 fully saturated rings. The highest BCUT2D eigenvalue weighted by Gasteiger charge is 2.53. The van der Waals surface area contributed by atoms with Crippen LogP contribution < -0.4 is 10.4 Å². The van der Waals surface area contributed by atoms with Crippen LogP contribution in [0.15, 0.2) is 76.6 Å². The van der Waals surface area contributed by atoms with Gasteiger partial charge in [0.05, 0.1) is 10.4 Å². The minimum atomic E-state index is -2.83. The van der Waals surface area contributed by atoms with Crippen LogP contribution in [0.3, 0.4) is 0 Å². The first-order valence-electron chi connectivity index (χ1n) is 12.2. The normalized spacial score (nSPS) is 21.9. The summed E-state index contributed by atoms with van der Waals surface area (Å²) in [6.07, 6.45) is -3.43. The van der Waals surface area contributed by atoms with Crippen LogP contribution >= 0.6 is 27.3 Å². The molecule has 1 saturated heterocycles. The van der Waals surface area contributed by atoms with Gasteiger partial charge in [-0.3, -0.25) is 0 Å². The van der Waals surface area contributed by atoms with E-state index in [1.54, 1.807) is 13.8 Å². The second kappa shape index (κ2) is 10.8. The van der Waals surface area contributed by atoms with Gasteiger partial charge in [-0.05, 0) is 57.3 Å². The van der Waals surface area contributed by atoms with Crippen LogP contribution in [0.5, 0.6) is 0 Å². The minimum absolute atomic E-state index is 0.0503. The van der Waals surface area contributed by atoms with Crippen molar-refractivity contribution in [1.82, 2.24) is 0 Å². The van der Waals surface area contributed by atoms with Gasteiger partial charge in [0.1, 0.15) is 24.4 Å². The van der Waals surface area contributed by atoms with E-state index in [1.165, 1.54) is 11.3 Å². The molecular weight excluding hydrogens is 556 g/mol. The number of aliphatic hydroxyl groups excluding tert-OH is 2. The third kappa shape index (κ3) is 5.56. The van der Waals surface area contributed by atoms with E-state index in [-0.39, 0.29) is 11.6 Å². The number of aliphatic hydroxyl groups is 2. The van der Waals surface area contributed by atoms with Gasteiger partial charge in [0.2, 0.25) is 0 Å². The molecule has 0 spiro atoms. The summed E-state index contributed by atoms with van der Waals surface area (Å²) in [4.78, 5) is 0.748. The Kier molecular flexibility index (Phi) is 8.29. The van der Waals surface area contributed by atoms with Crippen molar-refractivity contribution in [2.45, 2.75) is 69.9 Å². The Morgan fingerprint density at radius 3 is 1.92 bits per heavy atom. The Balaban J connectivity index is 1.65. The van der Waals surface area contributed by atoms with E-state index >= 15 is 0 Å². The number of benzene rings is 2. The maximum absolute atomic E-state index is 11.5. The lowest BCUT2D eigenvalue weighted by atomic mass is 10.0. The first-order valence-corrected chi connectivity index (χ1v) is 15.7. The molecule has 1 aromatic heterocycles. The Morgan fingerprint density at radius 1 is 0.917 bits per heavy atom. The Bertz CT molecular complexity index is 1090. The van der Waals surface area contributed by atoms with E-state index in [4.69, 9.17) is 13.9 Å². The molecule has 0 saturated carbocycles.